The first-order valence-corrected chi connectivity index (χ1v) is 13.0. The Morgan fingerprint density at radius 2 is 1.92 bits per heavy atom. The molecule has 0 saturated heterocycles. The number of fused-ring (bicyclic) bond motifs is 1. The van der Waals surface area contributed by atoms with E-state index >= 15 is 0 Å². The van der Waals surface area contributed by atoms with Crippen LogP contribution in [0, 0.1) is 5.82 Å². The molecule has 0 aliphatic heterocycles. The van der Waals surface area contributed by atoms with Gasteiger partial charge < -0.3 is 19.8 Å². The van der Waals surface area contributed by atoms with E-state index in [4.69, 9.17) is 20.8 Å². The molecule has 0 unspecified atom stereocenters. The highest BCUT2D eigenvalue weighted by Crippen LogP contribution is 2.32. The first-order chi connectivity index (χ1) is 18.6. The second kappa shape index (κ2) is 12.1. The first kappa shape index (κ1) is 25.7. The summed E-state index contributed by atoms with van der Waals surface area (Å²) in [5, 5.41) is 8.03. The topological polar surface area (TPSA) is 72.2 Å². The molecule has 3 aromatic carbocycles. The zero-order valence-electron chi connectivity index (χ0n) is 21.0. The fourth-order valence-corrected chi connectivity index (χ4v) is 4.31. The van der Waals surface area contributed by atoms with E-state index in [9.17, 15) is 4.39 Å². The lowest BCUT2D eigenvalue weighted by molar-refractivity contribution is 0.306. The number of benzene rings is 3. The van der Waals surface area contributed by atoms with Crippen molar-refractivity contribution < 1.29 is 13.5 Å². The monoisotopic (exact) mass is 530 g/mol. The van der Waals surface area contributed by atoms with Crippen LogP contribution in [0.25, 0.3) is 22.2 Å². The fourth-order valence-electron chi connectivity index (χ4n) is 4.07. The van der Waals surface area contributed by atoms with Gasteiger partial charge in [-0.25, -0.2) is 14.4 Å². The molecule has 6 nitrogen and oxygen atoms in total. The molecule has 2 heterocycles. The van der Waals surface area contributed by atoms with Gasteiger partial charge in [0.15, 0.2) is 0 Å². The van der Waals surface area contributed by atoms with Gasteiger partial charge in [0.1, 0.15) is 41.8 Å². The van der Waals surface area contributed by atoms with Crippen molar-refractivity contribution >= 4 is 34.0 Å². The van der Waals surface area contributed by atoms with E-state index in [1.807, 2.05) is 36.4 Å². The maximum absolute atomic E-state index is 13.4. The minimum atomic E-state index is -0.302. The molecule has 2 aromatic heterocycles. The average Bonchev–Trinajstić information content (AvgIpc) is 3.40. The first-order valence-electron chi connectivity index (χ1n) is 12.6. The number of anilines is 2. The van der Waals surface area contributed by atoms with Gasteiger partial charge in [-0.2, -0.15) is 0 Å². The summed E-state index contributed by atoms with van der Waals surface area (Å²) in [4.78, 5) is 8.87. The largest absolute Gasteiger partial charge is 0.487 e. The number of rotatable bonds is 11. The third-order valence-corrected chi connectivity index (χ3v) is 6.36. The number of ether oxygens (including phenoxy) is 1. The standard InChI is InChI=1S/C30H28ClFN4O2/c1-2-3-13-33-17-24-9-12-28(38-24)21-7-10-27-25(15-21)30(35-19-34-27)36-23-8-11-29(26(31)16-23)37-18-20-5-4-6-22(32)14-20/h4-12,14-16,19,33H,2-3,13,17-18H2,1H3,(H,34,35,36). The van der Waals surface area contributed by atoms with Gasteiger partial charge in [0, 0.05) is 16.6 Å². The number of halogens is 2. The van der Waals surface area contributed by atoms with Gasteiger partial charge in [0.2, 0.25) is 0 Å². The van der Waals surface area contributed by atoms with E-state index in [0.717, 1.165) is 58.6 Å². The summed E-state index contributed by atoms with van der Waals surface area (Å²) < 4.78 is 25.3. The van der Waals surface area contributed by atoms with Crippen molar-refractivity contribution in [3.63, 3.8) is 0 Å². The summed E-state index contributed by atoms with van der Waals surface area (Å²) in [7, 11) is 0. The van der Waals surface area contributed by atoms with Crippen LogP contribution in [0.4, 0.5) is 15.9 Å². The Bertz CT molecular complexity index is 1540. The molecule has 0 aliphatic rings. The van der Waals surface area contributed by atoms with Gasteiger partial charge in [-0.3, -0.25) is 0 Å². The van der Waals surface area contributed by atoms with E-state index in [0.29, 0.717) is 23.1 Å². The molecule has 8 heteroatoms. The molecule has 38 heavy (non-hydrogen) atoms. The van der Waals surface area contributed by atoms with Gasteiger partial charge in [0.05, 0.1) is 17.1 Å². The lowest BCUT2D eigenvalue weighted by atomic mass is 10.1. The van der Waals surface area contributed by atoms with Crippen molar-refractivity contribution in [1.29, 1.82) is 0 Å². The van der Waals surface area contributed by atoms with Crippen LogP contribution in [0.1, 0.15) is 31.1 Å². The number of nitrogens with one attached hydrogen (secondary N) is 2. The molecular formula is C30H28ClFN4O2. The smallest absolute Gasteiger partial charge is 0.141 e. The second-order valence-electron chi connectivity index (χ2n) is 8.94. The number of furan rings is 1. The maximum atomic E-state index is 13.4. The summed E-state index contributed by atoms with van der Waals surface area (Å²) in [6, 6.07) is 21.6. The van der Waals surface area contributed by atoms with Gasteiger partial charge in [-0.15, -0.1) is 0 Å². The molecule has 0 spiro atoms. The Labute approximate surface area is 225 Å². The van der Waals surface area contributed by atoms with Crippen LogP contribution in [-0.4, -0.2) is 16.5 Å². The zero-order chi connectivity index (χ0) is 26.3. The molecule has 5 aromatic rings. The predicted octanol–water partition coefficient (Wildman–Crippen LogP) is 7.89. The van der Waals surface area contributed by atoms with Crippen LogP contribution in [0.15, 0.2) is 83.5 Å². The molecule has 194 valence electrons. The maximum Gasteiger partial charge on any atom is 0.141 e. The second-order valence-corrected chi connectivity index (χ2v) is 9.35. The predicted molar refractivity (Wildman–Crippen MR) is 149 cm³/mol. The van der Waals surface area contributed by atoms with E-state index < -0.39 is 0 Å². The highest BCUT2D eigenvalue weighted by molar-refractivity contribution is 6.32. The molecule has 0 radical (unpaired) electrons. The van der Waals surface area contributed by atoms with Gasteiger partial charge >= 0.3 is 0 Å². The molecule has 0 atom stereocenters. The number of hydrogen-bond donors (Lipinski definition) is 2. The lowest BCUT2D eigenvalue weighted by Crippen LogP contribution is -2.13. The van der Waals surface area contributed by atoms with E-state index in [1.165, 1.54) is 18.5 Å². The van der Waals surface area contributed by atoms with Crippen LogP contribution in [-0.2, 0) is 13.2 Å². The van der Waals surface area contributed by atoms with Crippen LogP contribution >= 0.6 is 11.6 Å². The molecule has 0 aliphatic carbocycles. The average molecular weight is 531 g/mol. The van der Waals surface area contributed by atoms with Crippen molar-refractivity contribution in [2.24, 2.45) is 0 Å². The van der Waals surface area contributed by atoms with Crippen molar-refractivity contribution in [2.45, 2.75) is 32.9 Å². The number of hydrogen-bond acceptors (Lipinski definition) is 6. The Morgan fingerprint density at radius 1 is 1.00 bits per heavy atom. The zero-order valence-corrected chi connectivity index (χ0v) is 21.8. The van der Waals surface area contributed by atoms with E-state index in [2.05, 4.69) is 27.5 Å². The van der Waals surface area contributed by atoms with Crippen molar-refractivity contribution in [3.8, 4) is 17.1 Å². The van der Waals surface area contributed by atoms with Crippen molar-refractivity contribution in [1.82, 2.24) is 15.3 Å². The summed E-state index contributed by atoms with van der Waals surface area (Å²) in [6.07, 6.45) is 3.83. The van der Waals surface area contributed by atoms with Crippen LogP contribution in [0.5, 0.6) is 5.75 Å². The number of unbranched alkanes of at least 4 members (excludes halogenated alkanes) is 1. The van der Waals surface area contributed by atoms with Crippen LogP contribution in [0.2, 0.25) is 5.02 Å². The summed E-state index contributed by atoms with van der Waals surface area (Å²) in [5.74, 6) is 2.54. The Morgan fingerprint density at radius 3 is 2.76 bits per heavy atom. The van der Waals surface area contributed by atoms with Gasteiger partial charge in [-0.05, 0) is 79.2 Å². The van der Waals surface area contributed by atoms with E-state index in [1.54, 1.807) is 24.3 Å². The van der Waals surface area contributed by atoms with Gasteiger partial charge in [0.25, 0.3) is 0 Å². The van der Waals surface area contributed by atoms with Crippen LogP contribution < -0.4 is 15.4 Å². The summed E-state index contributed by atoms with van der Waals surface area (Å²) in [5.41, 5.74) is 3.22. The highest BCUT2D eigenvalue weighted by Gasteiger charge is 2.11. The quantitative estimate of drug-likeness (QED) is 0.169. The number of nitrogens with zero attached hydrogens (tertiary/aromatic N) is 2. The molecule has 0 fully saturated rings. The molecular weight excluding hydrogens is 503 g/mol. The molecule has 0 amide bonds. The van der Waals surface area contributed by atoms with Crippen molar-refractivity contribution in [3.05, 3.63) is 101 Å². The molecule has 0 bridgehead atoms. The Hall–Kier alpha value is -3.94. The third kappa shape index (κ3) is 6.30. The minimum absolute atomic E-state index is 0.215. The summed E-state index contributed by atoms with van der Waals surface area (Å²) >= 11 is 6.48. The van der Waals surface area contributed by atoms with Crippen molar-refractivity contribution in [2.75, 3.05) is 11.9 Å². The minimum Gasteiger partial charge on any atom is -0.487 e. The molecule has 5 rings (SSSR count). The Kier molecular flexibility index (Phi) is 8.16. The fraction of sp³-hybridized carbons (Fsp3) is 0.200. The van der Waals surface area contributed by atoms with Crippen LogP contribution in [0.3, 0.4) is 0 Å². The molecule has 0 saturated carbocycles. The summed E-state index contributed by atoms with van der Waals surface area (Å²) in [6.45, 7) is 4.06. The normalized spacial score (nSPS) is 11.1. The highest BCUT2D eigenvalue weighted by atomic mass is 35.5. The van der Waals surface area contributed by atoms with Gasteiger partial charge in [-0.1, -0.05) is 37.1 Å². The lowest BCUT2D eigenvalue weighted by Gasteiger charge is -2.12. The Balaban J connectivity index is 1.31. The third-order valence-electron chi connectivity index (χ3n) is 6.07. The van der Waals surface area contributed by atoms with E-state index in [-0.39, 0.29) is 12.4 Å². The molecule has 2 N–H and O–H groups in total. The SMILES string of the molecule is CCCCNCc1ccc(-c2ccc3ncnc(Nc4ccc(OCc5cccc(F)c5)c(Cl)c4)c3c2)o1. The number of aromatic nitrogens is 2.